The summed E-state index contributed by atoms with van der Waals surface area (Å²) in [6.45, 7) is 8.05. The standard InChI is InChI=1S/C23H32ClN3O5/c1-6-10-27-15(2)18(20(28)32-12-11-31-5)19(26-22(27)30)16-8-7-9-17(13-16)25-21(29)23(3,4)14-24/h7-9,13,19H,6,10-12,14H2,1-5H3,(H,25,29)(H,26,30). The van der Waals surface area contributed by atoms with Crippen LogP contribution in [0.1, 0.15) is 45.7 Å². The van der Waals surface area contributed by atoms with E-state index in [1.807, 2.05) is 6.92 Å². The van der Waals surface area contributed by atoms with Crippen LogP contribution in [0, 0.1) is 5.41 Å². The minimum absolute atomic E-state index is 0.101. The zero-order chi connectivity index (χ0) is 23.9. The lowest BCUT2D eigenvalue weighted by molar-refractivity contribution is -0.141. The van der Waals surface area contributed by atoms with Gasteiger partial charge in [0.25, 0.3) is 0 Å². The molecule has 0 aromatic heterocycles. The molecular weight excluding hydrogens is 434 g/mol. The van der Waals surface area contributed by atoms with Crippen LogP contribution in [0.15, 0.2) is 35.5 Å². The third kappa shape index (κ3) is 6.01. The van der Waals surface area contributed by atoms with Crippen molar-refractivity contribution in [3.8, 4) is 0 Å². The Bertz CT molecular complexity index is 884. The van der Waals surface area contributed by atoms with E-state index in [0.717, 1.165) is 6.42 Å². The van der Waals surface area contributed by atoms with Crippen molar-refractivity contribution in [2.45, 2.75) is 40.2 Å². The third-order valence-electron chi connectivity index (χ3n) is 5.21. The van der Waals surface area contributed by atoms with Gasteiger partial charge in [0, 0.05) is 30.9 Å². The van der Waals surface area contributed by atoms with Crippen LogP contribution in [-0.4, -0.2) is 55.6 Å². The van der Waals surface area contributed by atoms with Crippen LogP contribution in [0.2, 0.25) is 0 Å². The maximum atomic E-state index is 13.0. The van der Waals surface area contributed by atoms with Gasteiger partial charge in [0.15, 0.2) is 0 Å². The van der Waals surface area contributed by atoms with Gasteiger partial charge >= 0.3 is 12.0 Å². The third-order valence-corrected chi connectivity index (χ3v) is 5.88. The molecule has 1 aromatic carbocycles. The molecule has 0 saturated carbocycles. The molecule has 0 saturated heterocycles. The predicted octanol–water partition coefficient (Wildman–Crippen LogP) is 3.83. The van der Waals surface area contributed by atoms with Crippen LogP contribution in [-0.2, 0) is 19.1 Å². The van der Waals surface area contributed by atoms with E-state index in [2.05, 4.69) is 10.6 Å². The van der Waals surface area contributed by atoms with Crippen LogP contribution < -0.4 is 10.6 Å². The first-order valence-corrected chi connectivity index (χ1v) is 11.1. The maximum Gasteiger partial charge on any atom is 0.338 e. The molecule has 3 amide bonds. The average Bonchev–Trinajstić information content (AvgIpc) is 2.76. The molecule has 2 rings (SSSR count). The quantitative estimate of drug-likeness (QED) is 0.311. The Morgan fingerprint density at radius 2 is 2.00 bits per heavy atom. The molecule has 0 spiro atoms. The number of urea groups is 1. The Labute approximate surface area is 194 Å². The van der Waals surface area contributed by atoms with Crippen LogP contribution in [0.5, 0.6) is 0 Å². The molecule has 2 N–H and O–H groups in total. The molecule has 1 aromatic rings. The number of carbonyl (C=O) groups excluding carboxylic acids is 3. The van der Waals surface area contributed by atoms with Gasteiger partial charge in [-0.3, -0.25) is 9.69 Å². The lowest BCUT2D eigenvalue weighted by atomic mass is 9.93. The fourth-order valence-electron chi connectivity index (χ4n) is 3.24. The summed E-state index contributed by atoms with van der Waals surface area (Å²) in [5.41, 5.74) is 1.33. The van der Waals surface area contributed by atoms with Gasteiger partial charge in [0.2, 0.25) is 5.91 Å². The second kappa shape index (κ2) is 11.3. The lowest BCUT2D eigenvalue weighted by Gasteiger charge is -2.35. The molecule has 32 heavy (non-hydrogen) atoms. The average molecular weight is 466 g/mol. The highest BCUT2D eigenvalue weighted by Gasteiger charge is 2.36. The van der Waals surface area contributed by atoms with E-state index in [1.54, 1.807) is 45.0 Å². The second-order valence-corrected chi connectivity index (χ2v) is 8.53. The van der Waals surface area contributed by atoms with Gasteiger partial charge in [0.1, 0.15) is 6.61 Å². The summed E-state index contributed by atoms with van der Waals surface area (Å²) in [6, 6.07) is 6.01. The highest BCUT2D eigenvalue weighted by atomic mass is 35.5. The molecule has 176 valence electrons. The first-order chi connectivity index (χ1) is 15.2. The van der Waals surface area contributed by atoms with E-state index >= 15 is 0 Å². The number of halogens is 1. The largest absolute Gasteiger partial charge is 0.460 e. The number of anilines is 1. The Hall–Kier alpha value is -2.58. The number of benzene rings is 1. The van der Waals surface area contributed by atoms with Crippen LogP contribution in [0.3, 0.4) is 0 Å². The smallest absolute Gasteiger partial charge is 0.338 e. The Kier molecular flexibility index (Phi) is 9.09. The number of methoxy groups -OCH3 is 1. The summed E-state index contributed by atoms with van der Waals surface area (Å²) in [5.74, 6) is -0.579. The summed E-state index contributed by atoms with van der Waals surface area (Å²) >= 11 is 5.91. The van der Waals surface area contributed by atoms with Gasteiger partial charge in [0.05, 0.1) is 23.6 Å². The van der Waals surface area contributed by atoms with Crippen molar-refractivity contribution < 1.29 is 23.9 Å². The van der Waals surface area contributed by atoms with Gasteiger partial charge in [-0.15, -0.1) is 11.6 Å². The van der Waals surface area contributed by atoms with Crippen molar-refractivity contribution >= 4 is 35.2 Å². The van der Waals surface area contributed by atoms with Gasteiger partial charge < -0.3 is 20.1 Å². The number of amides is 3. The van der Waals surface area contributed by atoms with Crippen molar-refractivity contribution in [1.82, 2.24) is 10.2 Å². The van der Waals surface area contributed by atoms with Crippen molar-refractivity contribution in [3.63, 3.8) is 0 Å². The summed E-state index contributed by atoms with van der Waals surface area (Å²) in [7, 11) is 1.52. The first-order valence-electron chi connectivity index (χ1n) is 10.6. The van der Waals surface area contributed by atoms with E-state index in [-0.39, 0.29) is 31.0 Å². The number of allylic oxidation sites excluding steroid dienone is 1. The van der Waals surface area contributed by atoms with E-state index < -0.39 is 17.4 Å². The molecule has 1 aliphatic rings. The fraction of sp³-hybridized carbons (Fsp3) is 0.522. The number of ether oxygens (including phenoxy) is 2. The minimum atomic E-state index is -0.746. The van der Waals surface area contributed by atoms with Gasteiger partial charge in [-0.25, -0.2) is 9.59 Å². The molecule has 9 heteroatoms. The number of esters is 1. The highest BCUT2D eigenvalue weighted by molar-refractivity contribution is 6.20. The molecule has 0 radical (unpaired) electrons. The zero-order valence-corrected chi connectivity index (χ0v) is 20.0. The van der Waals surface area contributed by atoms with Crippen molar-refractivity contribution in [2.24, 2.45) is 5.41 Å². The molecule has 1 heterocycles. The molecule has 0 fully saturated rings. The Balaban J connectivity index is 2.41. The summed E-state index contributed by atoms with van der Waals surface area (Å²) in [5, 5.41) is 5.76. The van der Waals surface area contributed by atoms with Gasteiger partial charge in [-0.2, -0.15) is 0 Å². The predicted molar refractivity (Wildman–Crippen MR) is 123 cm³/mol. The summed E-state index contributed by atoms with van der Waals surface area (Å²) < 4.78 is 10.3. The zero-order valence-electron chi connectivity index (χ0n) is 19.3. The van der Waals surface area contributed by atoms with E-state index in [1.165, 1.54) is 12.0 Å². The summed E-state index contributed by atoms with van der Waals surface area (Å²) in [6.07, 6.45) is 0.735. The molecule has 1 atom stereocenters. The lowest BCUT2D eigenvalue weighted by Crippen LogP contribution is -2.48. The fourth-order valence-corrected chi connectivity index (χ4v) is 3.36. The second-order valence-electron chi connectivity index (χ2n) is 8.26. The molecular formula is C23H32ClN3O5. The number of nitrogens with zero attached hydrogens (tertiary/aromatic N) is 1. The Morgan fingerprint density at radius 3 is 2.62 bits per heavy atom. The number of hydrogen-bond donors (Lipinski definition) is 2. The Morgan fingerprint density at radius 1 is 1.28 bits per heavy atom. The monoisotopic (exact) mass is 465 g/mol. The van der Waals surface area contributed by atoms with E-state index in [9.17, 15) is 14.4 Å². The van der Waals surface area contributed by atoms with Crippen molar-refractivity contribution in [3.05, 3.63) is 41.1 Å². The van der Waals surface area contributed by atoms with Crippen LogP contribution >= 0.6 is 11.6 Å². The SMILES string of the molecule is CCCN1C(=O)NC(c2cccc(NC(=O)C(C)(C)CCl)c2)C(C(=O)OCCOC)=C1C. The minimum Gasteiger partial charge on any atom is -0.460 e. The van der Waals surface area contributed by atoms with E-state index in [4.69, 9.17) is 21.1 Å². The topological polar surface area (TPSA) is 97.0 Å². The molecule has 8 nitrogen and oxygen atoms in total. The van der Waals surface area contributed by atoms with E-state index in [0.29, 0.717) is 29.1 Å². The number of rotatable bonds is 10. The molecule has 0 bridgehead atoms. The first kappa shape index (κ1) is 25.7. The number of alkyl halides is 1. The summed E-state index contributed by atoms with van der Waals surface area (Å²) in [4.78, 5) is 39.8. The number of hydrogen-bond acceptors (Lipinski definition) is 5. The van der Waals surface area contributed by atoms with Crippen LogP contribution in [0.4, 0.5) is 10.5 Å². The van der Waals surface area contributed by atoms with Gasteiger partial charge in [-0.1, -0.05) is 19.1 Å². The van der Waals surface area contributed by atoms with Crippen molar-refractivity contribution in [2.75, 3.05) is 38.1 Å². The molecule has 1 aliphatic heterocycles. The number of nitrogens with one attached hydrogen (secondary N) is 2. The molecule has 1 unspecified atom stereocenters. The van der Waals surface area contributed by atoms with Gasteiger partial charge in [-0.05, 0) is 44.9 Å². The van der Waals surface area contributed by atoms with Crippen LogP contribution in [0.25, 0.3) is 0 Å². The van der Waals surface area contributed by atoms with Crippen molar-refractivity contribution in [1.29, 1.82) is 0 Å². The maximum absolute atomic E-state index is 13.0. The normalized spacial score (nSPS) is 16.6. The molecule has 0 aliphatic carbocycles. The highest BCUT2D eigenvalue weighted by Crippen LogP contribution is 2.33. The number of carbonyl (C=O) groups is 3.